The molecule has 0 radical (unpaired) electrons. The monoisotopic (exact) mass is 429 g/mol. The maximum Gasteiger partial charge on any atom is 0.223 e. The second kappa shape index (κ2) is 10.4. The van der Waals surface area contributed by atoms with E-state index in [2.05, 4.69) is 22.4 Å². The van der Waals surface area contributed by atoms with Gasteiger partial charge < -0.3 is 16.2 Å². The molecule has 0 bridgehead atoms. The van der Waals surface area contributed by atoms with Crippen LogP contribution in [0.5, 0.6) is 5.75 Å². The fourth-order valence-electron chi connectivity index (χ4n) is 4.53. The first-order valence-corrected chi connectivity index (χ1v) is 11.4. The molecule has 2 aromatic carbocycles. The van der Waals surface area contributed by atoms with Crippen molar-refractivity contribution in [1.82, 2.24) is 10.3 Å². The van der Waals surface area contributed by atoms with Gasteiger partial charge in [-0.25, -0.2) is 0 Å². The number of rotatable bonds is 7. The lowest BCUT2D eigenvalue weighted by Gasteiger charge is -2.28. The van der Waals surface area contributed by atoms with Crippen molar-refractivity contribution >= 4 is 5.91 Å². The molecule has 3 aromatic rings. The zero-order valence-electron chi connectivity index (χ0n) is 18.3. The average molecular weight is 430 g/mol. The molecule has 32 heavy (non-hydrogen) atoms. The van der Waals surface area contributed by atoms with Crippen LogP contribution < -0.4 is 11.1 Å². The molecule has 0 spiro atoms. The number of hydrogen-bond donors (Lipinski definition) is 3. The van der Waals surface area contributed by atoms with Crippen LogP contribution in [0.2, 0.25) is 0 Å². The number of nitrogens with one attached hydrogen (secondary N) is 1. The second-order valence-electron chi connectivity index (χ2n) is 8.72. The minimum Gasteiger partial charge on any atom is -0.508 e. The van der Waals surface area contributed by atoms with Crippen molar-refractivity contribution < 1.29 is 9.90 Å². The van der Waals surface area contributed by atoms with Gasteiger partial charge in [-0.15, -0.1) is 0 Å². The summed E-state index contributed by atoms with van der Waals surface area (Å²) >= 11 is 0. The summed E-state index contributed by atoms with van der Waals surface area (Å²) in [6.45, 7) is 0.705. The van der Waals surface area contributed by atoms with Crippen LogP contribution >= 0.6 is 0 Å². The maximum atomic E-state index is 13.2. The fourth-order valence-corrected chi connectivity index (χ4v) is 4.53. The third-order valence-corrected chi connectivity index (χ3v) is 6.47. The van der Waals surface area contributed by atoms with E-state index in [-0.39, 0.29) is 23.6 Å². The molecule has 1 aliphatic rings. The molecular weight excluding hydrogens is 398 g/mol. The van der Waals surface area contributed by atoms with E-state index in [1.54, 1.807) is 18.3 Å². The predicted molar refractivity (Wildman–Crippen MR) is 127 cm³/mol. The fraction of sp³-hybridized carbons (Fsp3) is 0.333. The molecule has 1 fully saturated rings. The molecular formula is C27H31N3O2. The molecule has 1 unspecified atom stereocenters. The van der Waals surface area contributed by atoms with Gasteiger partial charge in [0.15, 0.2) is 0 Å². The number of hydrogen-bond acceptors (Lipinski definition) is 4. The number of nitrogens with zero attached hydrogens (tertiary/aromatic N) is 1. The van der Waals surface area contributed by atoms with Crippen molar-refractivity contribution in [3.8, 4) is 16.9 Å². The Hall–Kier alpha value is -3.18. The van der Waals surface area contributed by atoms with Crippen LogP contribution in [-0.2, 0) is 11.2 Å². The minimum atomic E-state index is -0.227. The van der Waals surface area contributed by atoms with Gasteiger partial charge in [-0.3, -0.25) is 9.78 Å². The van der Waals surface area contributed by atoms with E-state index >= 15 is 0 Å². The number of phenolic OH excluding ortho intramolecular Hbond substituents is 1. The van der Waals surface area contributed by atoms with Gasteiger partial charge in [0.1, 0.15) is 5.75 Å². The van der Waals surface area contributed by atoms with Crippen molar-refractivity contribution in [3.63, 3.8) is 0 Å². The van der Waals surface area contributed by atoms with Gasteiger partial charge >= 0.3 is 0 Å². The van der Waals surface area contributed by atoms with E-state index in [0.29, 0.717) is 18.9 Å². The van der Waals surface area contributed by atoms with Crippen LogP contribution in [0.3, 0.4) is 0 Å². The molecule has 1 aliphatic carbocycles. The standard InChI is InChI=1S/C27H31N3O2/c28-18-20-9-11-21(12-10-20)27(32)30-26(15-19-5-2-1-3-6-19)25-17-23(13-14-29-25)22-7-4-8-24(31)16-22/h1-8,13-14,16-17,20-21,26,31H,9-12,15,18,28H2,(H,30,32). The molecule has 0 aliphatic heterocycles. The number of aromatic nitrogens is 1. The third-order valence-electron chi connectivity index (χ3n) is 6.47. The summed E-state index contributed by atoms with van der Waals surface area (Å²) < 4.78 is 0. The van der Waals surface area contributed by atoms with Gasteiger partial charge in [0.25, 0.3) is 0 Å². The molecule has 5 heteroatoms. The maximum absolute atomic E-state index is 13.2. The zero-order valence-corrected chi connectivity index (χ0v) is 18.3. The number of benzene rings is 2. The number of nitrogens with two attached hydrogens (primary N) is 1. The molecule has 1 heterocycles. The molecule has 166 valence electrons. The van der Waals surface area contributed by atoms with E-state index in [1.807, 2.05) is 42.5 Å². The highest BCUT2D eigenvalue weighted by Gasteiger charge is 2.28. The lowest BCUT2D eigenvalue weighted by Crippen LogP contribution is -2.37. The smallest absolute Gasteiger partial charge is 0.223 e. The predicted octanol–water partition coefficient (Wildman–Crippen LogP) is 4.62. The van der Waals surface area contributed by atoms with Gasteiger partial charge in [-0.1, -0.05) is 42.5 Å². The van der Waals surface area contributed by atoms with Gasteiger partial charge in [0.2, 0.25) is 5.91 Å². The summed E-state index contributed by atoms with van der Waals surface area (Å²) in [4.78, 5) is 17.8. The first-order valence-electron chi connectivity index (χ1n) is 11.4. The van der Waals surface area contributed by atoms with Crippen LogP contribution in [-0.4, -0.2) is 22.5 Å². The van der Waals surface area contributed by atoms with Crippen molar-refractivity contribution in [1.29, 1.82) is 0 Å². The highest BCUT2D eigenvalue weighted by atomic mass is 16.3. The van der Waals surface area contributed by atoms with Gasteiger partial charge in [0.05, 0.1) is 11.7 Å². The first-order chi connectivity index (χ1) is 15.6. The van der Waals surface area contributed by atoms with Gasteiger partial charge in [-0.2, -0.15) is 0 Å². The van der Waals surface area contributed by atoms with Crippen molar-refractivity contribution in [2.75, 3.05) is 6.54 Å². The van der Waals surface area contributed by atoms with Crippen LogP contribution in [0.4, 0.5) is 0 Å². The molecule has 0 saturated heterocycles. The van der Waals surface area contributed by atoms with Gasteiger partial charge in [0, 0.05) is 12.1 Å². The molecule has 5 nitrogen and oxygen atoms in total. The Labute approximate surface area is 189 Å². The molecule has 1 amide bonds. The molecule has 1 atom stereocenters. The van der Waals surface area contributed by atoms with Crippen LogP contribution in [0, 0.1) is 11.8 Å². The Morgan fingerprint density at radius 1 is 1.00 bits per heavy atom. The summed E-state index contributed by atoms with van der Waals surface area (Å²) in [5.74, 6) is 0.902. The Balaban J connectivity index is 1.57. The number of carbonyl (C=O) groups is 1. The van der Waals surface area contributed by atoms with Crippen molar-refractivity contribution in [2.45, 2.75) is 38.1 Å². The van der Waals surface area contributed by atoms with E-state index in [1.165, 1.54) is 0 Å². The van der Waals surface area contributed by atoms with Gasteiger partial charge in [-0.05, 0) is 85.5 Å². The number of phenols is 1. The lowest BCUT2D eigenvalue weighted by atomic mass is 9.81. The van der Waals surface area contributed by atoms with E-state index in [4.69, 9.17) is 5.73 Å². The largest absolute Gasteiger partial charge is 0.508 e. The molecule has 1 saturated carbocycles. The highest BCUT2D eigenvalue weighted by molar-refractivity contribution is 5.79. The SMILES string of the molecule is NCC1CCC(C(=O)NC(Cc2ccccc2)c2cc(-c3cccc(O)c3)ccn2)CC1. The summed E-state index contributed by atoms with van der Waals surface area (Å²) in [6, 6.07) is 21.0. The summed E-state index contributed by atoms with van der Waals surface area (Å²) in [6.07, 6.45) is 6.25. The summed E-state index contributed by atoms with van der Waals surface area (Å²) in [5, 5.41) is 13.2. The molecule has 1 aromatic heterocycles. The van der Waals surface area contributed by atoms with E-state index in [9.17, 15) is 9.90 Å². The summed E-state index contributed by atoms with van der Waals surface area (Å²) in [7, 11) is 0. The summed E-state index contributed by atoms with van der Waals surface area (Å²) in [5.41, 5.74) is 9.66. The first kappa shape index (κ1) is 22.0. The Kier molecular flexibility index (Phi) is 7.17. The third kappa shape index (κ3) is 5.54. The highest BCUT2D eigenvalue weighted by Crippen LogP contribution is 2.30. The minimum absolute atomic E-state index is 0.0327. The topological polar surface area (TPSA) is 88.2 Å². The van der Waals surface area contributed by atoms with Crippen molar-refractivity contribution in [3.05, 3.63) is 84.2 Å². The zero-order chi connectivity index (χ0) is 22.3. The normalized spacial score (nSPS) is 19.3. The Morgan fingerprint density at radius 2 is 1.75 bits per heavy atom. The Bertz CT molecular complexity index is 1030. The Morgan fingerprint density at radius 3 is 2.47 bits per heavy atom. The van der Waals surface area contributed by atoms with E-state index in [0.717, 1.165) is 48.1 Å². The average Bonchev–Trinajstić information content (AvgIpc) is 2.84. The molecule has 4 rings (SSSR count). The number of amides is 1. The lowest BCUT2D eigenvalue weighted by molar-refractivity contribution is -0.127. The van der Waals surface area contributed by atoms with Crippen LogP contribution in [0.1, 0.15) is 43.0 Å². The quantitative estimate of drug-likeness (QED) is 0.511. The second-order valence-corrected chi connectivity index (χ2v) is 8.72. The van der Waals surface area contributed by atoms with E-state index < -0.39 is 0 Å². The van der Waals surface area contributed by atoms with Crippen LogP contribution in [0.15, 0.2) is 72.9 Å². The molecule has 4 N–H and O–H groups in total. The number of pyridine rings is 1. The number of carbonyl (C=O) groups excluding carboxylic acids is 1. The van der Waals surface area contributed by atoms with Crippen LogP contribution in [0.25, 0.3) is 11.1 Å². The van der Waals surface area contributed by atoms with Crippen molar-refractivity contribution in [2.24, 2.45) is 17.6 Å². The number of aromatic hydroxyl groups is 1.